The molecule has 0 unspecified atom stereocenters. The zero-order chi connectivity index (χ0) is 17.4. The second-order valence-electron chi connectivity index (χ2n) is 5.87. The van der Waals surface area contributed by atoms with Crippen molar-refractivity contribution in [2.75, 3.05) is 17.4 Å². The minimum atomic E-state index is -3.69. The quantitative estimate of drug-likeness (QED) is 0.749. The van der Waals surface area contributed by atoms with Crippen LogP contribution in [0.3, 0.4) is 0 Å². The van der Waals surface area contributed by atoms with Crippen molar-refractivity contribution in [2.24, 2.45) is 0 Å². The topological polar surface area (TPSA) is 66.5 Å². The summed E-state index contributed by atoms with van der Waals surface area (Å²) in [4.78, 5) is 12.5. The molecule has 25 heavy (non-hydrogen) atoms. The fraction of sp³-hybridized carbons (Fsp3) is 0.167. The van der Waals surface area contributed by atoms with Gasteiger partial charge < -0.3 is 5.32 Å². The summed E-state index contributed by atoms with van der Waals surface area (Å²) < 4.78 is 26.8. The van der Waals surface area contributed by atoms with Gasteiger partial charge in [-0.25, -0.2) is 8.42 Å². The van der Waals surface area contributed by atoms with Crippen LogP contribution in [-0.2, 0) is 21.2 Å². The van der Waals surface area contributed by atoms with Crippen molar-refractivity contribution in [1.82, 2.24) is 5.32 Å². The number of carbonyl (C=O) groups excluding carboxylic acids is 1. The van der Waals surface area contributed by atoms with E-state index in [2.05, 4.69) is 5.32 Å². The Morgan fingerprint density at radius 2 is 1.92 bits per heavy atom. The van der Waals surface area contributed by atoms with E-state index in [4.69, 9.17) is 0 Å². The Morgan fingerprint density at radius 1 is 1.12 bits per heavy atom. The van der Waals surface area contributed by atoms with Crippen LogP contribution in [0.15, 0.2) is 58.1 Å². The standard InChI is InChI=1S/C18H16N2O3S2/c21-17(19-9-7-13-8-10-24-12-13)11-20-15-5-1-3-14-4-2-6-16(18(14)15)25(20,22)23/h1-6,8,10,12H,7,9,11H2,(H,19,21). The predicted octanol–water partition coefficient (Wildman–Crippen LogP) is 2.77. The summed E-state index contributed by atoms with van der Waals surface area (Å²) in [7, 11) is -3.69. The van der Waals surface area contributed by atoms with Crippen LogP contribution in [0, 0.1) is 0 Å². The number of sulfonamides is 1. The van der Waals surface area contributed by atoms with Crippen LogP contribution < -0.4 is 9.62 Å². The molecule has 1 amide bonds. The number of hydrogen-bond acceptors (Lipinski definition) is 4. The van der Waals surface area contributed by atoms with Gasteiger partial charge in [-0.1, -0.05) is 24.3 Å². The Bertz CT molecular complexity index is 1040. The average molecular weight is 372 g/mol. The van der Waals surface area contributed by atoms with Gasteiger partial charge >= 0.3 is 0 Å². The summed E-state index contributed by atoms with van der Waals surface area (Å²) in [5, 5.41) is 8.38. The summed E-state index contributed by atoms with van der Waals surface area (Å²) in [6.07, 6.45) is 0.734. The minimum Gasteiger partial charge on any atom is -0.354 e. The lowest BCUT2D eigenvalue weighted by Gasteiger charge is -2.18. The van der Waals surface area contributed by atoms with E-state index >= 15 is 0 Å². The summed E-state index contributed by atoms with van der Waals surface area (Å²) >= 11 is 1.61. The summed E-state index contributed by atoms with van der Waals surface area (Å²) in [5.41, 5.74) is 1.73. The van der Waals surface area contributed by atoms with Crippen LogP contribution >= 0.6 is 11.3 Å². The Kier molecular flexibility index (Phi) is 3.97. The molecule has 5 nitrogen and oxygen atoms in total. The molecular formula is C18H16N2O3S2. The molecule has 7 heteroatoms. The number of thiophene rings is 1. The maximum absolute atomic E-state index is 12.8. The van der Waals surface area contributed by atoms with Gasteiger partial charge in [-0.2, -0.15) is 11.3 Å². The van der Waals surface area contributed by atoms with Crippen molar-refractivity contribution in [3.63, 3.8) is 0 Å². The van der Waals surface area contributed by atoms with Crippen LogP contribution in [0.25, 0.3) is 10.8 Å². The lowest BCUT2D eigenvalue weighted by Crippen LogP contribution is -2.39. The molecule has 0 fully saturated rings. The lowest BCUT2D eigenvalue weighted by atomic mass is 10.1. The lowest BCUT2D eigenvalue weighted by molar-refractivity contribution is -0.119. The van der Waals surface area contributed by atoms with E-state index in [0.717, 1.165) is 17.4 Å². The molecule has 0 bridgehead atoms. The monoisotopic (exact) mass is 372 g/mol. The molecule has 3 aromatic rings. The maximum atomic E-state index is 12.8. The zero-order valence-corrected chi connectivity index (χ0v) is 14.9. The molecule has 0 aliphatic carbocycles. The first-order chi connectivity index (χ1) is 12.1. The molecule has 1 N–H and O–H groups in total. The minimum absolute atomic E-state index is 0.209. The summed E-state index contributed by atoms with van der Waals surface area (Å²) in [6.45, 7) is 0.278. The van der Waals surface area contributed by atoms with E-state index in [0.29, 0.717) is 17.6 Å². The Labute approximate surface area is 149 Å². The van der Waals surface area contributed by atoms with Gasteiger partial charge in [0, 0.05) is 11.9 Å². The van der Waals surface area contributed by atoms with Crippen LogP contribution in [0.2, 0.25) is 0 Å². The van der Waals surface area contributed by atoms with E-state index in [1.165, 1.54) is 4.31 Å². The first-order valence-electron chi connectivity index (χ1n) is 7.89. The van der Waals surface area contributed by atoms with E-state index < -0.39 is 10.0 Å². The van der Waals surface area contributed by atoms with Crippen LogP contribution in [0.1, 0.15) is 5.56 Å². The van der Waals surface area contributed by atoms with E-state index in [9.17, 15) is 13.2 Å². The van der Waals surface area contributed by atoms with Crippen molar-refractivity contribution < 1.29 is 13.2 Å². The number of nitrogens with zero attached hydrogens (tertiary/aromatic N) is 1. The van der Waals surface area contributed by atoms with Crippen molar-refractivity contribution in [1.29, 1.82) is 0 Å². The maximum Gasteiger partial charge on any atom is 0.265 e. The molecule has 128 valence electrons. The Hall–Kier alpha value is -2.38. The molecule has 4 rings (SSSR count). The van der Waals surface area contributed by atoms with Crippen molar-refractivity contribution in [3.05, 3.63) is 58.8 Å². The summed E-state index contributed by atoms with van der Waals surface area (Å²) in [5.74, 6) is -0.302. The highest BCUT2D eigenvalue weighted by atomic mass is 32.2. The third-order valence-corrected chi connectivity index (χ3v) is 6.82. The van der Waals surface area contributed by atoms with E-state index in [-0.39, 0.29) is 17.3 Å². The van der Waals surface area contributed by atoms with Gasteiger partial charge in [0.15, 0.2) is 0 Å². The highest BCUT2D eigenvalue weighted by Crippen LogP contribution is 2.41. The average Bonchev–Trinajstić information content (AvgIpc) is 3.18. The van der Waals surface area contributed by atoms with Gasteiger partial charge in [0.1, 0.15) is 6.54 Å². The normalized spacial score (nSPS) is 14.8. The number of nitrogens with one attached hydrogen (secondary N) is 1. The Morgan fingerprint density at radius 3 is 2.68 bits per heavy atom. The summed E-state index contributed by atoms with van der Waals surface area (Å²) in [6, 6.07) is 12.6. The second kappa shape index (κ2) is 6.16. The molecular weight excluding hydrogens is 356 g/mol. The first kappa shape index (κ1) is 16.1. The molecule has 0 saturated heterocycles. The van der Waals surface area contributed by atoms with Crippen molar-refractivity contribution >= 4 is 43.7 Å². The second-order valence-corrected chi connectivity index (χ2v) is 8.49. The number of carbonyl (C=O) groups is 1. The highest BCUT2D eigenvalue weighted by Gasteiger charge is 2.36. The number of anilines is 1. The van der Waals surface area contributed by atoms with Crippen LogP contribution in [-0.4, -0.2) is 27.4 Å². The first-order valence-corrected chi connectivity index (χ1v) is 10.3. The fourth-order valence-electron chi connectivity index (χ4n) is 3.10. The molecule has 1 aliphatic heterocycles. The SMILES string of the molecule is O=C(CN1c2cccc3cccc(c23)S1(=O)=O)NCCc1ccsc1. The molecule has 0 radical (unpaired) electrons. The number of rotatable bonds is 5. The van der Waals surface area contributed by atoms with Crippen LogP contribution in [0.5, 0.6) is 0 Å². The third-order valence-electron chi connectivity index (χ3n) is 4.28. The van der Waals surface area contributed by atoms with Gasteiger partial charge in [0.2, 0.25) is 5.91 Å². The molecule has 1 aromatic heterocycles. The highest BCUT2D eigenvalue weighted by molar-refractivity contribution is 7.93. The van der Waals surface area contributed by atoms with E-state index in [1.807, 2.05) is 35.0 Å². The zero-order valence-electron chi connectivity index (χ0n) is 13.3. The molecule has 0 spiro atoms. The number of benzene rings is 2. The van der Waals surface area contributed by atoms with Gasteiger partial charge in [0.25, 0.3) is 10.0 Å². The molecule has 0 atom stereocenters. The number of amides is 1. The van der Waals surface area contributed by atoms with Crippen molar-refractivity contribution in [3.8, 4) is 0 Å². The molecule has 0 saturated carbocycles. The largest absolute Gasteiger partial charge is 0.354 e. The molecule has 2 heterocycles. The van der Waals surface area contributed by atoms with Gasteiger partial charge in [-0.3, -0.25) is 9.10 Å². The smallest absolute Gasteiger partial charge is 0.265 e. The number of hydrogen-bond donors (Lipinski definition) is 1. The van der Waals surface area contributed by atoms with Crippen LogP contribution in [0.4, 0.5) is 5.69 Å². The van der Waals surface area contributed by atoms with E-state index in [1.54, 1.807) is 29.5 Å². The fourth-order valence-corrected chi connectivity index (χ4v) is 5.47. The Balaban J connectivity index is 1.53. The van der Waals surface area contributed by atoms with Gasteiger partial charge in [-0.15, -0.1) is 0 Å². The molecule has 1 aliphatic rings. The van der Waals surface area contributed by atoms with Gasteiger partial charge in [-0.05, 0) is 46.3 Å². The van der Waals surface area contributed by atoms with Gasteiger partial charge in [0.05, 0.1) is 10.6 Å². The predicted molar refractivity (Wildman–Crippen MR) is 99.5 cm³/mol. The third kappa shape index (κ3) is 2.79. The van der Waals surface area contributed by atoms with Crippen molar-refractivity contribution in [2.45, 2.75) is 11.3 Å². The molecule has 2 aromatic carbocycles.